The van der Waals surface area contributed by atoms with Gasteiger partial charge in [-0.1, -0.05) is 109 Å². The molecule has 0 aliphatic heterocycles. The molecule has 0 unspecified atom stereocenters. The van der Waals surface area contributed by atoms with Gasteiger partial charge in [0.1, 0.15) is 0 Å². The number of nitrogen functional groups attached to an aromatic ring is 1. The summed E-state index contributed by atoms with van der Waals surface area (Å²) in [6.07, 6.45) is 0. The number of fused-ring (bicyclic) bond motifs is 2. The third kappa shape index (κ3) is 9.21. The summed E-state index contributed by atoms with van der Waals surface area (Å²) in [5.74, 6) is 2.65. The molecule has 3 nitrogen and oxygen atoms in total. The number of para-hydroxylation sites is 3. The molecule has 8 rings (SSSR count). The van der Waals surface area contributed by atoms with Crippen molar-refractivity contribution in [1.82, 2.24) is 0 Å². The fourth-order valence-electron chi connectivity index (χ4n) is 7.67. The lowest BCUT2D eigenvalue weighted by Gasteiger charge is -2.23. The minimum absolute atomic E-state index is 0.773. The first-order chi connectivity index (χ1) is 28.4. The molecular weight excluding hydrogens is 763 g/mol. The number of hydrogen-bond acceptors (Lipinski definition) is 6. The van der Waals surface area contributed by atoms with Crippen LogP contribution in [0.25, 0.3) is 21.5 Å². The van der Waals surface area contributed by atoms with Crippen molar-refractivity contribution < 1.29 is 0 Å². The van der Waals surface area contributed by atoms with Gasteiger partial charge >= 0.3 is 0 Å². The lowest BCUT2D eigenvalue weighted by Crippen LogP contribution is -2.07. The Balaban J connectivity index is 1.04. The molecule has 290 valence electrons. The number of anilines is 3. The summed E-state index contributed by atoms with van der Waals surface area (Å²) in [5, 5.41) is 12.6. The number of nitrogens with one attached hydrogen (secondary N) is 2. The number of hydrogen-bond donors (Lipinski definition) is 3. The number of rotatable bonds is 15. The molecule has 0 saturated carbocycles. The van der Waals surface area contributed by atoms with E-state index >= 15 is 0 Å². The monoisotopic (exact) mass is 811 g/mol. The maximum absolute atomic E-state index is 6.43. The summed E-state index contributed by atoms with van der Waals surface area (Å²) < 4.78 is 0. The molecule has 0 aromatic heterocycles. The van der Waals surface area contributed by atoms with Gasteiger partial charge in [0.05, 0.1) is 0 Å². The molecule has 0 amide bonds. The molecule has 0 saturated heterocycles. The van der Waals surface area contributed by atoms with Crippen molar-refractivity contribution in [2.45, 2.75) is 65.8 Å². The normalized spacial score (nSPS) is 11.3. The highest BCUT2D eigenvalue weighted by Crippen LogP contribution is 2.40. The molecule has 0 aliphatic carbocycles. The van der Waals surface area contributed by atoms with Crippen molar-refractivity contribution >= 4 is 73.9 Å². The summed E-state index contributed by atoms with van der Waals surface area (Å²) in [6, 6.07) is 56.3. The molecule has 0 atom stereocenters. The summed E-state index contributed by atoms with van der Waals surface area (Å²) >= 11 is 5.68. The first-order valence-electron chi connectivity index (χ1n) is 19.9. The summed E-state index contributed by atoms with van der Waals surface area (Å²) in [6.45, 7) is 8.54. The molecule has 8 aromatic carbocycles. The Kier molecular flexibility index (Phi) is 12.6. The molecular formula is C52H49N3S3. The van der Waals surface area contributed by atoms with Gasteiger partial charge in [-0.15, -0.1) is 35.3 Å². The molecule has 0 fully saturated rings. The van der Waals surface area contributed by atoms with Crippen molar-refractivity contribution in [3.8, 4) is 0 Å². The Morgan fingerprint density at radius 3 is 1.21 bits per heavy atom. The van der Waals surface area contributed by atoms with Gasteiger partial charge in [0, 0.05) is 62.1 Å². The topological polar surface area (TPSA) is 50.1 Å². The average Bonchev–Trinajstić information content (AvgIpc) is 3.26. The van der Waals surface area contributed by atoms with Crippen LogP contribution in [0.1, 0.15) is 44.5 Å². The standard InChI is InChI=1S/C52H49N3S3/c1-35-44(32-56-50-21-11-8-18-47(50)53)36(2)46(34-58-52-23-13-10-20-49(52)55-31-39-25-27-41-15-5-7-17-43(41)29-39)37(3)45(35)33-57-51-22-12-9-19-48(51)54-30-38-24-26-40-14-4-6-16-42(40)28-38/h4-29,54-55H,30-34,53H2,1-3H3. The van der Waals surface area contributed by atoms with Gasteiger partial charge in [-0.05, 0) is 135 Å². The van der Waals surface area contributed by atoms with E-state index in [0.29, 0.717) is 0 Å². The van der Waals surface area contributed by atoms with E-state index in [0.717, 1.165) is 40.9 Å². The van der Waals surface area contributed by atoms with E-state index in [1.807, 2.05) is 47.4 Å². The molecule has 8 aromatic rings. The van der Waals surface area contributed by atoms with Gasteiger partial charge in [-0.2, -0.15) is 0 Å². The highest BCUT2D eigenvalue weighted by atomic mass is 32.2. The van der Waals surface area contributed by atoms with Crippen LogP contribution in [0, 0.1) is 20.8 Å². The first-order valence-corrected chi connectivity index (χ1v) is 22.8. The van der Waals surface area contributed by atoms with Gasteiger partial charge in [-0.25, -0.2) is 0 Å². The average molecular weight is 812 g/mol. The molecule has 58 heavy (non-hydrogen) atoms. The van der Waals surface area contributed by atoms with E-state index in [4.69, 9.17) is 5.73 Å². The zero-order chi connectivity index (χ0) is 39.8. The predicted octanol–water partition coefficient (Wildman–Crippen LogP) is 14.6. The maximum Gasteiger partial charge on any atom is 0.0481 e. The predicted molar refractivity (Wildman–Crippen MR) is 256 cm³/mol. The Labute approximate surface area is 356 Å². The summed E-state index contributed by atoms with van der Waals surface area (Å²) in [5.41, 5.74) is 20.6. The molecule has 0 bridgehead atoms. The van der Waals surface area contributed by atoms with Crippen LogP contribution in [0.3, 0.4) is 0 Å². The second-order valence-electron chi connectivity index (χ2n) is 14.8. The fourth-order valence-corrected chi connectivity index (χ4v) is 11.2. The molecule has 0 aliphatic rings. The van der Waals surface area contributed by atoms with Crippen LogP contribution in [0.4, 0.5) is 17.1 Å². The minimum atomic E-state index is 0.773. The second kappa shape index (κ2) is 18.5. The molecule has 4 N–H and O–H groups in total. The number of benzene rings is 8. The van der Waals surface area contributed by atoms with Crippen LogP contribution in [0.15, 0.2) is 172 Å². The molecule has 0 spiro atoms. The molecule has 6 heteroatoms. The van der Waals surface area contributed by atoms with Crippen LogP contribution < -0.4 is 16.4 Å². The third-order valence-corrected chi connectivity index (χ3v) is 14.4. The second-order valence-corrected chi connectivity index (χ2v) is 17.8. The lowest BCUT2D eigenvalue weighted by molar-refractivity contribution is 1.09. The van der Waals surface area contributed by atoms with Crippen molar-refractivity contribution in [2.75, 3.05) is 16.4 Å². The first kappa shape index (κ1) is 39.6. The quantitative estimate of drug-likeness (QED) is 0.0708. The van der Waals surface area contributed by atoms with Crippen LogP contribution in [0.2, 0.25) is 0 Å². The zero-order valence-corrected chi connectivity index (χ0v) is 35.8. The van der Waals surface area contributed by atoms with Gasteiger partial charge in [0.2, 0.25) is 0 Å². The number of thioether (sulfide) groups is 3. The smallest absolute Gasteiger partial charge is 0.0481 e. The van der Waals surface area contributed by atoms with E-state index in [2.05, 4.69) is 177 Å². The fraction of sp³-hybridized carbons (Fsp3) is 0.154. The van der Waals surface area contributed by atoms with Crippen molar-refractivity contribution in [1.29, 1.82) is 0 Å². The van der Waals surface area contributed by atoms with Crippen LogP contribution >= 0.6 is 35.3 Å². The van der Waals surface area contributed by atoms with Crippen LogP contribution in [-0.4, -0.2) is 0 Å². The van der Waals surface area contributed by atoms with Crippen LogP contribution in [0.5, 0.6) is 0 Å². The summed E-state index contributed by atoms with van der Waals surface area (Å²) in [4.78, 5) is 3.66. The highest BCUT2D eigenvalue weighted by Gasteiger charge is 2.19. The van der Waals surface area contributed by atoms with Crippen molar-refractivity contribution in [2.24, 2.45) is 0 Å². The SMILES string of the molecule is Cc1c(CSc2ccccc2N)c(C)c(CSc2ccccc2NCc2ccc3ccccc3c2)c(C)c1CSc1ccccc1NCc1ccc2ccccc2c1. The van der Waals surface area contributed by atoms with Crippen molar-refractivity contribution in [3.63, 3.8) is 0 Å². The molecule has 0 radical (unpaired) electrons. The molecule has 0 heterocycles. The summed E-state index contributed by atoms with van der Waals surface area (Å²) in [7, 11) is 0. The Morgan fingerprint density at radius 2 is 0.759 bits per heavy atom. The van der Waals surface area contributed by atoms with Gasteiger partial charge in [0.25, 0.3) is 0 Å². The number of nitrogens with two attached hydrogens (primary N) is 1. The van der Waals surface area contributed by atoms with E-state index in [9.17, 15) is 0 Å². The Hall–Kier alpha value is -5.27. The van der Waals surface area contributed by atoms with E-state index in [-0.39, 0.29) is 0 Å². The lowest BCUT2D eigenvalue weighted by atomic mass is 9.90. The maximum atomic E-state index is 6.43. The third-order valence-electron chi connectivity index (χ3n) is 11.1. The zero-order valence-electron chi connectivity index (χ0n) is 33.3. The van der Waals surface area contributed by atoms with Gasteiger partial charge in [0.15, 0.2) is 0 Å². The minimum Gasteiger partial charge on any atom is -0.398 e. The van der Waals surface area contributed by atoms with E-state index in [1.165, 1.54) is 87.2 Å². The van der Waals surface area contributed by atoms with Crippen molar-refractivity contribution in [3.05, 3.63) is 202 Å². The van der Waals surface area contributed by atoms with Gasteiger partial charge in [-0.3, -0.25) is 0 Å². The Bertz CT molecular complexity index is 2550. The van der Waals surface area contributed by atoms with Crippen LogP contribution in [-0.2, 0) is 30.3 Å². The van der Waals surface area contributed by atoms with E-state index in [1.54, 1.807) is 0 Å². The largest absolute Gasteiger partial charge is 0.398 e. The van der Waals surface area contributed by atoms with E-state index < -0.39 is 0 Å². The van der Waals surface area contributed by atoms with Gasteiger partial charge < -0.3 is 16.4 Å². The Morgan fingerprint density at radius 1 is 0.397 bits per heavy atom. The highest BCUT2D eigenvalue weighted by molar-refractivity contribution is 7.99.